The first-order valence-electron chi connectivity index (χ1n) is 10.5. The van der Waals surface area contributed by atoms with Crippen LogP contribution in [0.4, 0.5) is 0 Å². The molecule has 10 heteroatoms. The van der Waals surface area contributed by atoms with Crippen LogP contribution in [0.2, 0.25) is 5.02 Å². The van der Waals surface area contributed by atoms with Crippen LogP contribution >= 0.6 is 11.6 Å². The highest BCUT2D eigenvalue weighted by Gasteiger charge is 2.30. The van der Waals surface area contributed by atoms with Gasteiger partial charge in [-0.25, -0.2) is 13.2 Å². The molecular formula is C22H25ClN4O4S. The minimum absolute atomic E-state index is 0.0694. The Balaban J connectivity index is 1.47. The van der Waals surface area contributed by atoms with Crippen LogP contribution in [0.3, 0.4) is 0 Å². The third-order valence-electron chi connectivity index (χ3n) is 5.71. The van der Waals surface area contributed by atoms with E-state index < -0.39 is 10.0 Å². The third-order valence-corrected chi connectivity index (χ3v) is 7.87. The molecule has 0 aliphatic carbocycles. The number of carbonyl (C=O) groups is 1. The summed E-state index contributed by atoms with van der Waals surface area (Å²) in [6.07, 6.45) is 0.811. The largest absolute Gasteiger partial charge is 0.338 e. The fraction of sp³-hybridized carbons (Fsp3) is 0.364. The lowest BCUT2D eigenvalue weighted by molar-refractivity contribution is -0.133. The van der Waals surface area contributed by atoms with Gasteiger partial charge in [0.1, 0.15) is 6.54 Å². The number of rotatable bonds is 6. The molecule has 0 unspecified atom stereocenters. The summed E-state index contributed by atoms with van der Waals surface area (Å²) in [7, 11) is -3.65. The number of fused-ring (bicyclic) bond motifs is 1. The zero-order valence-corrected chi connectivity index (χ0v) is 19.3. The topological polar surface area (TPSA) is 84.6 Å². The number of para-hydroxylation sites is 2. The summed E-state index contributed by atoms with van der Waals surface area (Å²) < 4.78 is 30.3. The second-order valence-electron chi connectivity index (χ2n) is 7.75. The third kappa shape index (κ3) is 4.20. The Bertz CT molecular complexity index is 1290. The van der Waals surface area contributed by atoms with Crippen LogP contribution in [0.15, 0.2) is 58.2 Å². The lowest BCUT2D eigenvalue weighted by Crippen LogP contribution is -2.51. The molecule has 32 heavy (non-hydrogen) atoms. The molecule has 1 aliphatic rings. The lowest BCUT2D eigenvalue weighted by atomic mass is 10.3. The maximum Gasteiger partial charge on any atom is 0.329 e. The van der Waals surface area contributed by atoms with E-state index in [1.165, 1.54) is 21.0 Å². The molecular weight excluding hydrogens is 452 g/mol. The number of imidazole rings is 1. The zero-order valence-electron chi connectivity index (χ0n) is 17.8. The molecule has 0 bridgehead atoms. The molecule has 1 saturated heterocycles. The van der Waals surface area contributed by atoms with Gasteiger partial charge in [0.15, 0.2) is 0 Å². The van der Waals surface area contributed by atoms with Crippen LogP contribution in [0.25, 0.3) is 11.0 Å². The number of carbonyl (C=O) groups excluding carboxylic acids is 1. The molecule has 1 aliphatic heterocycles. The van der Waals surface area contributed by atoms with Crippen LogP contribution in [0, 0.1) is 0 Å². The van der Waals surface area contributed by atoms with Crippen LogP contribution in [-0.4, -0.2) is 58.8 Å². The molecule has 2 heterocycles. The number of aromatic nitrogens is 2. The van der Waals surface area contributed by atoms with Gasteiger partial charge in [-0.2, -0.15) is 4.31 Å². The number of hydrogen-bond acceptors (Lipinski definition) is 4. The van der Waals surface area contributed by atoms with E-state index in [9.17, 15) is 18.0 Å². The standard InChI is InChI=1S/C22H25ClN4O4S/c1-2-11-26-19-5-3-4-6-20(19)27(22(26)29)16-21(28)24-12-14-25(15-13-24)32(30,31)18-9-7-17(23)8-10-18/h3-10H,2,11-16H2,1H3. The predicted molar refractivity (Wildman–Crippen MR) is 123 cm³/mol. The Morgan fingerprint density at radius 2 is 1.53 bits per heavy atom. The van der Waals surface area contributed by atoms with Crippen molar-refractivity contribution in [3.8, 4) is 0 Å². The molecule has 170 valence electrons. The summed E-state index contributed by atoms with van der Waals surface area (Å²) in [4.78, 5) is 27.7. The van der Waals surface area contributed by atoms with E-state index in [-0.39, 0.29) is 49.2 Å². The maximum atomic E-state index is 13.0. The van der Waals surface area contributed by atoms with E-state index in [1.807, 2.05) is 31.2 Å². The van der Waals surface area contributed by atoms with Crippen LogP contribution < -0.4 is 5.69 Å². The predicted octanol–water partition coefficient (Wildman–Crippen LogP) is 2.40. The van der Waals surface area contributed by atoms with E-state index in [0.29, 0.717) is 11.6 Å². The van der Waals surface area contributed by atoms with Crippen LogP contribution in [-0.2, 0) is 27.9 Å². The van der Waals surface area contributed by atoms with Gasteiger partial charge >= 0.3 is 5.69 Å². The summed E-state index contributed by atoms with van der Waals surface area (Å²) in [5, 5.41) is 0.468. The Morgan fingerprint density at radius 1 is 0.938 bits per heavy atom. The quantitative estimate of drug-likeness (QED) is 0.546. The fourth-order valence-electron chi connectivity index (χ4n) is 4.03. The molecule has 2 aromatic carbocycles. The first-order chi connectivity index (χ1) is 15.3. The van der Waals surface area contributed by atoms with Crippen molar-refractivity contribution < 1.29 is 13.2 Å². The summed E-state index contributed by atoms with van der Waals surface area (Å²) in [6, 6.07) is 13.5. The van der Waals surface area contributed by atoms with Crippen molar-refractivity contribution in [1.82, 2.24) is 18.3 Å². The van der Waals surface area contributed by atoms with Gasteiger partial charge in [0.2, 0.25) is 15.9 Å². The van der Waals surface area contributed by atoms with Gasteiger partial charge in [-0.05, 0) is 42.8 Å². The van der Waals surface area contributed by atoms with Gasteiger partial charge < -0.3 is 4.90 Å². The zero-order chi connectivity index (χ0) is 22.9. The number of benzene rings is 2. The SMILES string of the molecule is CCCn1c(=O)n(CC(=O)N2CCN(S(=O)(=O)c3ccc(Cl)cc3)CC2)c2ccccc21. The second-order valence-corrected chi connectivity index (χ2v) is 10.1. The van der Waals surface area contributed by atoms with Crippen molar-refractivity contribution in [3.05, 3.63) is 64.0 Å². The molecule has 0 atom stereocenters. The summed E-state index contributed by atoms with van der Waals surface area (Å²) in [5.74, 6) is -0.199. The van der Waals surface area contributed by atoms with Gasteiger partial charge in [0.05, 0.1) is 15.9 Å². The lowest BCUT2D eigenvalue weighted by Gasteiger charge is -2.34. The van der Waals surface area contributed by atoms with E-state index in [2.05, 4.69) is 0 Å². The molecule has 1 fully saturated rings. The van der Waals surface area contributed by atoms with Crippen molar-refractivity contribution in [2.75, 3.05) is 26.2 Å². The fourth-order valence-corrected chi connectivity index (χ4v) is 5.58. The van der Waals surface area contributed by atoms with E-state index in [1.54, 1.807) is 21.6 Å². The van der Waals surface area contributed by atoms with Gasteiger partial charge in [-0.3, -0.25) is 13.9 Å². The highest BCUT2D eigenvalue weighted by Crippen LogP contribution is 2.20. The average Bonchev–Trinajstić information content (AvgIpc) is 3.06. The van der Waals surface area contributed by atoms with E-state index in [0.717, 1.165) is 17.5 Å². The Morgan fingerprint density at radius 3 is 2.12 bits per heavy atom. The summed E-state index contributed by atoms with van der Waals surface area (Å²) in [6.45, 7) is 3.46. The van der Waals surface area contributed by atoms with Crippen molar-refractivity contribution in [2.45, 2.75) is 31.3 Å². The van der Waals surface area contributed by atoms with Crippen molar-refractivity contribution >= 4 is 38.6 Å². The molecule has 0 saturated carbocycles. The monoisotopic (exact) mass is 476 g/mol. The normalized spacial score (nSPS) is 15.4. The molecule has 0 radical (unpaired) electrons. The van der Waals surface area contributed by atoms with Gasteiger partial charge in [-0.15, -0.1) is 0 Å². The van der Waals surface area contributed by atoms with Crippen molar-refractivity contribution in [1.29, 1.82) is 0 Å². The molecule has 1 aromatic heterocycles. The highest BCUT2D eigenvalue weighted by molar-refractivity contribution is 7.89. The number of hydrogen-bond donors (Lipinski definition) is 0. The summed E-state index contributed by atoms with van der Waals surface area (Å²) in [5.41, 5.74) is 1.33. The molecule has 1 amide bonds. The van der Waals surface area contributed by atoms with Gasteiger partial charge in [0.25, 0.3) is 0 Å². The Hall–Kier alpha value is -2.62. The molecule has 4 rings (SSSR count). The number of sulfonamides is 1. The number of halogens is 1. The Kier molecular flexibility index (Phi) is 6.41. The van der Waals surface area contributed by atoms with Crippen molar-refractivity contribution in [2.24, 2.45) is 0 Å². The average molecular weight is 477 g/mol. The highest BCUT2D eigenvalue weighted by atomic mass is 35.5. The van der Waals surface area contributed by atoms with Gasteiger partial charge in [0, 0.05) is 37.7 Å². The van der Waals surface area contributed by atoms with Crippen LogP contribution in [0.1, 0.15) is 13.3 Å². The number of nitrogens with zero attached hydrogens (tertiary/aromatic N) is 4. The van der Waals surface area contributed by atoms with Crippen molar-refractivity contribution in [3.63, 3.8) is 0 Å². The molecule has 0 N–H and O–H groups in total. The molecule has 3 aromatic rings. The van der Waals surface area contributed by atoms with Gasteiger partial charge in [-0.1, -0.05) is 30.7 Å². The summed E-state index contributed by atoms with van der Waals surface area (Å²) >= 11 is 5.86. The molecule has 8 nitrogen and oxygen atoms in total. The number of aryl methyl sites for hydroxylation is 1. The smallest absolute Gasteiger partial charge is 0.329 e. The number of amides is 1. The minimum Gasteiger partial charge on any atom is -0.338 e. The minimum atomic E-state index is -3.65. The number of piperazine rings is 1. The van der Waals surface area contributed by atoms with E-state index in [4.69, 9.17) is 11.6 Å². The maximum absolute atomic E-state index is 13.0. The molecule has 0 spiro atoms. The first kappa shape index (κ1) is 22.6. The Labute approximate surface area is 191 Å². The first-order valence-corrected chi connectivity index (χ1v) is 12.4. The van der Waals surface area contributed by atoms with E-state index >= 15 is 0 Å². The van der Waals surface area contributed by atoms with Crippen LogP contribution in [0.5, 0.6) is 0 Å². The second kappa shape index (κ2) is 9.09.